The Bertz CT molecular complexity index is 546. The number of benzene rings is 2. The molecule has 0 aromatic heterocycles. The Labute approximate surface area is 130 Å². The molecular weight excluding hydrogens is 282 g/mol. The smallest absolute Gasteiger partial charge is 0.120 e. The van der Waals surface area contributed by atoms with Crippen LogP contribution in [0.3, 0.4) is 0 Å². The Balaban J connectivity index is 1.74. The average molecular weight is 303 g/mol. The molecule has 21 heavy (non-hydrogen) atoms. The van der Waals surface area contributed by atoms with E-state index in [9.17, 15) is 0 Å². The summed E-state index contributed by atoms with van der Waals surface area (Å²) in [5, 5.41) is 0. The summed E-state index contributed by atoms with van der Waals surface area (Å²) in [6.07, 6.45) is 0.970. The van der Waals surface area contributed by atoms with E-state index in [0.29, 0.717) is 13.2 Å². The van der Waals surface area contributed by atoms with E-state index in [4.69, 9.17) is 15.2 Å². The first-order valence-corrected chi connectivity index (χ1v) is 8.11. The van der Waals surface area contributed by atoms with Crippen LogP contribution < -0.4 is 15.2 Å². The van der Waals surface area contributed by atoms with Crippen LogP contribution in [0.5, 0.6) is 11.5 Å². The fourth-order valence-electron chi connectivity index (χ4n) is 1.84. The van der Waals surface area contributed by atoms with Gasteiger partial charge in [-0.25, -0.2) is 0 Å². The predicted octanol–water partition coefficient (Wildman–Crippen LogP) is 4.23. The fraction of sp³-hybridized carbons (Fsp3) is 0.294. The van der Waals surface area contributed by atoms with Crippen LogP contribution in [0.2, 0.25) is 0 Å². The van der Waals surface area contributed by atoms with Crippen molar-refractivity contribution in [3.8, 4) is 11.5 Å². The van der Waals surface area contributed by atoms with Crippen molar-refractivity contribution in [3.63, 3.8) is 0 Å². The van der Waals surface area contributed by atoms with Gasteiger partial charge >= 0.3 is 0 Å². The van der Waals surface area contributed by atoms with E-state index in [1.54, 1.807) is 11.8 Å². The normalized spacial score (nSPS) is 10.3. The van der Waals surface area contributed by atoms with Crippen LogP contribution in [0, 0.1) is 0 Å². The third-order valence-corrected chi connectivity index (χ3v) is 4.01. The highest BCUT2D eigenvalue weighted by Gasteiger charge is 2.03. The number of anilines is 1. The van der Waals surface area contributed by atoms with E-state index >= 15 is 0 Å². The van der Waals surface area contributed by atoms with Gasteiger partial charge in [-0.15, -0.1) is 11.8 Å². The van der Waals surface area contributed by atoms with E-state index < -0.39 is 0 Å². The molecule has 2 N–H and O–H groups in total. The van der Waals surface area contributed by atoms with Crippen LogP contribution in [-0.4, -0.2) is 19.0 Å². The van der Waals surface area contributed by atoms with Crippen molar-refractivity contribution >= 4 is 17.4 Å². The molecule has 0 bridgehead atoms. The quantitative estimate of drug-likeness (QED) is 0.450. The summed E-state index contributed by atoms with van der Waals surface area (Å²) in [7, 11) is 0. The Hall–Kier alpha value is -1.81. The molecule has 0 saturated heterocycles. The summed E-state index contributed by atoms with van der Waals surface area (Å²) in [4.78, 5) is 1.07. The number of para-hydroxylation sites is 1. The summed E-state index contributed by atoms with van der Waals surface area (Å²) in [6, 6.07) is 15.7. The lowest BCUT2D eigenvalue weighted by Gasteiger charge is -2.09. The molecule has 0 aliphatic heterocycles. The first kappa shape index (κ1) is 15.6. The minimum atomic E-state index is 0.666. The van der Waals surface area contributed by atoms with Crippen molar-refractivity contribution in [2.24, 2.45) is 0 Å². The zero-order valence-electron chi connectivity index (χ0n) is 12.2. The van der Waals surface area contributed by atoms with Gasteiger partial charge < -0.3 is 15.2 Å². The van der Waals surface area contributed by atoms with E-state index in [-0.39, 0.29) is 0 Å². The van der Waals surface area contributed by atoms with E-state index in [1.165, 1.54) is 0 Å². The number of thioether (sulfide) groups is 1. The van der Waals surface area contributed by atoms with Gasteiger partial charge in [-0.1, -0.05) is 18.2 Å². The van der Waals surface area contributed by atoms with Gasteiger partial charge in [0.1, 0.15) is 11.5 Å². The van der Waals surface area contributed by atoms with Crippen molar-refractivity contribution in [1.82, 2.24) is 0 Å². The second-order valence-electron chi connectivity index (χ2n) is 4.50. The van der Waals surface area contributed by atoms with Gasteiger partial charge in [0.15, 0.2) is 0 Å². The van der Waals surface area contributed by atoms with Crippen LogP contribution in [0.1, 0.15) is 13.3 Å². The predicted molar refractivity (Wildman–Crippen MR) is 89.3 cm³/mol. The first-order valence-electron chi connectivity index (χ1n) is 7.12. The summed E-state index contributed by atoms with van der Waals surface area (Å²) in [5.74, 6) is 2.75. The van der Waals surface area contributed by atoms with Gasteiger partial charge in [0.25, 0.3) is 0 Å². The standard InChI is InChI=1S/C17H21NO2S/c1-2-19-15-9-10-16(18)17(13-15)21-12-6-11-20-14-7-4-3-5-8-14/h3-5,7-10,13H,2,6,11-12,18H2,1H3. The summed E-state index contributed by atoms with van der Waals surface area (Å²) in [5.41, 5.74) is 6.78. The van der Waals surface area contributed by atoms with E-state index in [0.717, 1.165) is 34.3 Å². The molecule has 2 rings (SSSR count). The molecule has 2 aromatic carbocycles. The first-order chi connectivity index (χ1) is 10.3. The lowest BCUT2D eigenvalue weighted by atomic mass is 10.3. The second-order valence-corrected chi connectivity index (χ2v) is 5.63. The van der Waals surface area contributed by atoms with Crippen molar-refractivity contribution in [1.29, 1.82) is 0 Å². The minimum Gasteiger partial charge on any atom is -0.494 e. The van der Waals surface area contributed by atoms with Crippen LogP contribution >= 0.6 is 11.8 Å². The maximum atomic E-state index is 5.98. The molecule has 0 aliphatic carbocycles. The van der Waals surface area contributed by atoms with Crippen LogP contribution in [0.4, 0.5) is 5.69 Å². The lowest BCUT2D eigenvalue weighted by Crippen LogP contribution is -1.99. The highest BCUT2D eigenvalue weighted by atomic mass is 32.2. The maximum absolute atomic E-state index is 5.98. The SMILES string of the molecule is CCOc1ccc(N)c(SCCCOc2ccccc2)c1. The summed E-state index contributed by atoms with van der Waals surface area (Å²) < 4.78 is 11.2. The van der Waals surface area contributed by atoms with Crippen molar-refractivity contribution in [3.05, 3.63) is 48.5 Å². The number of hydrogen-bond donors (Lipinski definition) is 1. The van der Waals surface area contributed by atoms with Crippen molar-refractivity contribution in [2.75, 3.05) is 24.7 Å². The molecule has 3 nitrogen and oxygen atoms in total. The second kappa shape index (κ2) is 8.47. The number of hydrogen-bond acceptors (Lipinski definition) is 4. The summed E-state index contributed by atoms with van der Waals surface area (Å²) >= 11 is 1.74. The highest BCUT2D eigenvalue weighted by molar-refractivity contribution is 7.99. The monoisotopic (exact) mass is 303 g/mol. The van der Waals surface area contributed by atoms with E-state index in [2.05, 4.69) is 0 Å². The largest absolute Gasteiger partial charge is 0.494 e. The van der Waals surface area contributed by atoms with Gasteiger partial charge in [0.05, 0.1) is 13.2 Å². The molecule has 0 spiro atoms. The average Bonchev–Trinajstić information content (AvgIpc) is 2.51. The molecular formula is C17H21NO2S. The zero-order valence-corrected chi connectivity index (χ0v) is 13.1. The third-order valence-electron chi connectivity index (χ3n) is 2.85. The Morgan fingerprint density at radius 1 is 1.00 bits per heavy atom. The number of nitrogens with two attached hydrogens (primary N) is 1. The van der Waals surface area contributed by atoms with Gasteiger partial charge in [-0.05, 0) is 43.7 Å². The molecule has 0 atom stereocenters. The van der Waals surface area contributed by atoms with Crippen LogP contribution in [0.25, 0.3) is 0 Å². The zero-order chi connectivity index (χ0) is 14.9. The van der Waals surface area contributed by atoms with Crippen molar-refractivity contribution < 1.29 is 9.47 Å². The topological polar surface area (TPSA) is 44.5 Å². The fourth-order valence-corrected chi connectivity index (χ4v) is 2.76. The van der Waals surface area contributed by atoms with E-state index in [1.807, 2.05) is 55.5 Å². The lowest BCUT2D eigenvalue weighted by molar-refractivity contribution is 0.318. The molecule has 0 aliphatic rings. The number of ether oxygens (including phenoxy) is 2. The molecule has 4 heteroatoms. The van der Waals surface area contributed by atoms with Crippen molar-refractivity contribution in [2.45, 2.75) is 18.2 Å². The minimum absolute atomic E-state index is 0.666. The maximum Gasteiger partial charge on any atom is 0.120 e. The molecule has 0 heterocycles. The highest BCUT2D eigenvalue weighted by Crippen LogP contribution is 2.29. The molecule has 0 radical (unpaired) electrons. The molecule has 0 saturated carbocycles. The number of nitrogen functional groups attached to an aromatic ring is 1. The third kappa shape index (κ3) is 5.23. The Morgan fingerprint density at radius 3 is 2.57 bits per heavy atom. The number of rotatable bonds is 8. The molecule has 0 fully saturated rings. The summed E-state index contributed by atoms with van der Waals surface area (Å²) in [6.45, 7) is 3.35. The Morgan fingerprint density at radius 2 is 1.81 bits per heavy atom. The van der Waals surface area contributed by atoms with Gasteiger partial charge in [0, 0.05) is 16.3 Å². The molecule has 0 unspecified atom stereocenters. The van der Waals surface area contributed by atoms with Gasteiger partial charge in [0.2, 0.25) is 0 Å². The van der Waals surface area contributed by atoms with Crippen LogP contribution in [-0.2, 0) is 0 Å². The molecule has 112 valence electrons. The molecule has 0 amide bonds. The van der Waals surface area contributed by atoms with Gasteiger partial charge in [-0.2, -0.15) is 0 Å². The molecule has 2 aromatic rings. The van der Waals surface area contributed by atoms with Gasteiger partial charge in [-0.3, -0.25) is 0 Å². The Kier molecular flexibility index (Phi) is 6.28. The van der Waals surface area contributed by atoms with Crippen LogP contribution in [0.15, 0.2) is 53.4 Å².